The van der Waals surface area contributed by atoms with Crippen LogP contribution in [-0.4, -0.2) is 40.8 Å². The molecule has 1 fully saturated rings. The van der Waals surface area contributed by atoms with Crippen LogP contribution in [0.25, 0.3) is 11.3 Å². The van der Waals surface area contributed by atoms with E-state index in [-0.39, 0.29) is 0 Å². The van der Waals surface area contributed by atoms with Crippen molar-refractivity contribution in [2.24, 2.45) is 0 Å². The normalized spacial score (nSPS) is 23.7. The second-order valence-electron chi connectivity index (χ2n) is 5.74. The van der Waals surface area contributed by atoms with E-state index in [0.29, 0.717) is 12.1 Å². The second kappa shape index (κ2) is 5.67. The molecule has 0 radical (unpaired) electrons. The molecule has 1 aromatic heterocycles. The maximum Gasteiger partial charge on any atom is 0.0650 e. The zero-order valence-electron chi connectivity index (χ0n) is 12.1. The highest BCUT2D eigenvalue weighted by Gasteiger charge is 2.22. The monoisotopic (exact) mass is 270 g/mol. The van der Waals surface area contributed by atoms with Crippen LogP contribution in [0.1, 0.15) is 19.8 Å². The predicted molar refractivity (Wildman–Crippen MR) is 82.8 cm³/mol. The summed E-state index contributed by atoms with van der Waals surface area (Å²) in [6, 6.07) is 11.8. The zero-order chi connectivity index (χ0) is 13.9. The van der Waals surface area contributed by atoms with Crippen molar-refractivity contribution in [2.75, 3.05) is 18.9 Å². The molecular weight excluding hydrogens is 248 g/mol. The number of rotatable bonds is 3. The van der Waals surface area contributed by atoms with Crippen LogP contribution in [0.4, 0.5) is 5.69 Å². The Labute approximate surface area is 120 Å². The van der Waals surface area contributed by atoms with Gasteiger partial charge in [-0.25, -0.2) is 0 Å². The summed E-state index contributed by atoms with van der Waals surface area (Å²) in [7, 11) is 2.21. The minimum Gasteiger partial charge on any atom is -0.382 e. The number of H-pyrrole nitrogens is 1. The molecule has 1 aliphatic heterocycles. The summed E-state index contributed by atoms with van der Waals surface area (Å²) in [5.74, 6) is 0. The van der Waals surface area contributed by atoms with Gasteiger partial charge in [0, 0.05) is 30.5 Å². The van der Waals surface area contributed by atoms with E-state index in [2.05, 4.69) is 58.7 Å². The first-order valence-corrected chi connectivity index (χ1v) is 7.29. The van der Waals surface area contributed by atoms with Crippen LogP contribution < -0.4 is 5.32 Å². The van der Waals surface area contributed by atoms with E-state index < -0.39 is 0 Å². The molecule has 0 bridgehead atoms. The number of piperidine rings is 1. The van der Waals surface area contributed by atoms with Crippen LogP contribution >= 0.6 is 0 Å². The second-order valence-corrected chi connectivity index (χ2v) is 5.74. The Hall–Kier alpha value is -1.81. The van der Waals surface area contributed by atoms with Crippen LogP contribution in [0.3, 0.4) is 0 Å². The summed E-state index contributed by atoms with van der Waals surface area (Å²) in [6.45, 7) is 3.47. The average molecular weight is 270 g/mol. The quantitative estimate of drug-likeness (QED) is 0.901. The minimum absolute atomic E-state index is 0.583. The smallest absolute Gasteiger partial charge is 0.0650 e. The van der Waals surface area contributed by atoms with Crippen molar-refractivity contribution in [3.05, 3.63) is 36.5 Å². The number of nitrogens with one attached hydrogen (secondary N) is 2. The lowest BCUT2D eigenvalue weighted by Gasteiger charge is -2.35. The standard InChI is InChI=1S/C16H22N4/c1-12-11-15(8-10-20(12)2)18-14-5-3-13(4-6-14)16-7-9-17-19-16/h3-7,9,12,15,18H,8,10-11H2,1-2H3,(H,17,19). The van der Waals surface area contributed by atoms with Gasteiger partial charge >= 0.3 is 0 Å². The first-order chi connectivity index (χ1) is 9.72. The highest BCUT2D eigenvalue weighted by molar-refractivity contribution is 5.62. The van der Waals surface area contributed by atoms with Gasteiger partial charge in [0.25, 0.3) is 0 Å². The summed E-state index contributed by atoms with van der Waals surface area (Å²) in [5, 5.41) is 10.6. The largest absolute Gasteiger partial charge is 0.382 e. The molecule has 1 aromatic carbocycles. The average Bonchev–Trinajstić information content (AvgIpc) is 2.98. The van der Waals surface area contributed by atoms with E-state index in [1.165, 1.54) is 30.6 Å². The fourth-order valence-corrected chi connectivity index (χ4v) is 2.82. The molecule has 2 aromatic rings. The number of nitrogens with zero attached hydrogens (tertiary/aromatic N) is 2. The van der Waals surface area contributed by atoms with Crippen molar-refractivity contribution in [1.29, 1.82) is 0 Å². The van der Waals surface area contributed by atoms with Crippen LogP contribution in [-0.2, 0) is 0 Å². The third-order valence-corrected chi connectivity index (χ3v) is 4.28. The lowest BCUT2D eigenvalue weighted by atomic mass is 9.98. The van der Waals surface area contributed by atoms with Gasteiger partial charge in [-0.2, -0.15) is 5.10 Å². The number of aromatic nitrogens is 2. The molecule has 4 heteroatoms. The molecule has 1 saturated heterocycles. The van der Waals surface area contributed by atoms with Gasteiger partial charge in [0.15, 0.2) is 0 Å². The van der Waals surface area contributed by atoms with Crippen LogP contribution in [0.15, 0.2) is 36.5 Å². The van der Waals surface area contributed by atoms with Gasteiger partial charge in [0.1, 0.15) is 0 Å². The number of anilines is 1. The Morgan fingerprint density at radius 1 is 1.25 bits per heavy atom. The Morgan fingerprint density at radius 2 is 2.05 bits per heavy atom. The number of hydrogen-bond acceptors (Lipinski definition) is 3. The molecule has 2 heterocycles. The van der Waals surface area contributed by atoms with Gasteiger partial charge in [0.2, 0.25) is 0 Å². The molecule has 1 aliphatic rings. The van der Waals surface area contributed by atoms with Gasteiger partial charge in [-0.1, -0.05) is 12.1 Å². The first kappa shape index (κ1) is 13.2. The molecule has 20 heavy (non-hydrogen) atoms. The lowest BCUT2D eigenvalue weighted by molar-refractivity contribution is 0.190. The fourth-order valence-electron chi connectivity index (χ4n) is 2.82. The van der Waals surface area contributed by atoms with Crippen molar-refractivity contribution in [1.82, 2.24) is 15.1 Å². The van der Waals surface area contributed by atoms with E-state index in [9.17, 15) is 0 Å². The molecule has 0 amide bonds. The zero-order valence-corrected chi connectivity index (χ0v) is 12.1. The summed E-state index contributed by atoms with van der Waals surface area (Å²) in [6.07, 6.45) is 4.20. The summed E-state index contributed by atoms with van der Waals surface area (Å²) in [4.78, 5) is 2.43. The van der Waals surface area contributed by atoms with Crippen LogP contribution in [0.5, 0.6) is 0 Å². The SMILES string of the molecule is CC1CC(Nc2ccc(-c3ccn[nH]3)cc2)CCN1C. The summed E-state index contributed by atoms with van der Waals surface area (Å²) in [5.41, 5.74) is 3.43. The van der Waals surface area contributed by atoms with E-state index >= 15 is 0 Å². The van der Waals surface area contributed by atoms with Gasteiger partial charge < -0.3 is 10.2 Å². The van der Waals surface area contributed by atoms with Crippen molar-refractivity contribution in [3.8, 4) is 11.3 Å². The van der Waals surface area contributed by atoms with E-state index in [4.69, 9.17) is 0 Å². The van der Waals surface area contributed by atoms with Crippen molar-refractivity contribution >= 4 is 5.69 Å². The summed E-state index contributed by atoms with van der Waals surface area (Å²) < 4.78 is 0. The molecule has 0 saturated carbocycles. The Bertz CT molecular complexity index is 532. The maximum atomic E-state index is 3.98. The fraction of sp³-hybridized carbons (Fsp3) is 0.438. The Kier molecular flexibility index (Phi) is 3.74. The molecule has 2 unspecified atom stereocenters. The lowest BCUT2D eigenvalue weighted by Crippen LogP contribution is -2.42. The molecule has 3 rings (SSSR count). The van der Waals surface area contributed by atoms with Gasteiger partial charge in [0.05, 0.1) is 5.69 Å². The maximum absolute atomic E-state index is 3.98. The minimum atomic E-state index is 0.583. The Balaban J connectivity index is 1.64. The van der Waals surface area contributed by atoms with Crippen molar-refractivity contribution < 1.29 is 0 Å². The van der Waals surface area contributed by atoms with E-state index in [0.717, 1.165) is 5.69 Å². The molecular formula is C16H22N4. The van der Waals surface area contributed by atoms with Gasteiger partial charge in [-0.05, 0) is 50.6 Å². The van der Waals surface area contributed by atoms with E-state index in [1.807, 2.05) is 6.07 Å². The van der Waals surface area contributed by atoms with E-state index in [1.54, 1.807) is 6.20 Å². The molecule has 4 nitrogen and oxygen atoms in total. The van der Waals surface area contributed by atoms with Crippen LogP contribution in [0.2, 0.25) is 0 Å². The number of hydrogen-bond donors (Lipinski definition) is 2. The molecule has 2 atom stereocenters. The Morgan fingerprint density at radius 3 is 2.70 bits per heavy atom. The predicted octanol–water partition coefficient (Wildman–Crippen LogP) is 2.97. The summed E-state index contributed by atoms with van der Waals surface area (Å²) >= 11 is 0. The molecule has 0 spiro atoms. The third kappa shape index (κ3) is 2.85. The van der Waals surface area contributed by atoms with Gasteiger partial charge in [-0.3, -0.25) is 5.10 Å². The highest BCUT2D eigenvalue weighted by atomic mass is 15.1. The highest BCUT2D eigenvalue weighted by Crippen LogP contribution is 2.22. The van der Waals surface area contributed by atoms with Gasteiger partial charge in [-0.15, -0.1) is 0 Å². The molecule has 0 aliphatic carbocycles. The molecule has 2 N–H and O–H groups in total. The number of benzene rings is 1. The molecule has 106 valence electrons. The topological polar surface area (TPSA) is 44.0 Å². The van der Waals surface area contributed by atoms with Crippen LogP contribution in [0, 0.1) is 0 Å². The number of aromatic amines is 1. The first-order valence-electron chi connectivity index (χ1n) is 7.29. The van der Waals surface area contributed by atoms with Crippen molar-refractivity contribution in [3.63, 3.8) is 0 Å². The third-order valence-electron chi connectivity index (χ3n) is 4.28. The number of likely N-dealkylation sites (tertiary alicyclic amines) is 1. The van der Waals surface area contributed by atoms with Crippen molar-refractivity contribution in [2.45, 2.75) is 31.8 Å².